The van der Waals surface area contributed by atoms with Crippen LogP contribution in [-0.2, 0) is 0 Å². The molecule has 2 aliphatic heterocycles. The van der Waals surface area contributed by atoms with Crippen LogP contribution in [-0.4, -0.2) is 49.1 Å². The molecule has 0 spiro atoms. The smallest absolute Gasteiger partial charge is 0.0235 e. The third kappa shape index (κ3) is 1.64. The summed E-state index contributed by atoms with van der Waals surface area (Å²) in [6.45, 7) is 7.67. The highest BCUT2D eigenvalue weighted by Crippen LogP contribution is 2.22. The Kier molecular flexibility index (Phi) is 2.37. The summed E-state index contributed by atoms with van der Waals surface area (Å²) in [5.74, 6) is 0.941. The fourth-order valence-corrected chi connectivity index (χ4v) is 2.51. The van der Waals surface area contributed by atoms with Crippen LogP contribution in [0.1, 0.15) is 19.8 Å². The fourth-order valence-electron chi connectivity index (χ4n) is 2.51. The number of hydrogen-bond donors (Lipinski definition) is 0. The lowest BCUT2D eigenvalue weighted by atomic mass is 10.2. The molecule has 2 heteroatoms. The first-order chi connectivity index (χ1) is 5.75. The van der Waals surface area contributed by atoms with Crippen LogP contribution >= 0.6 is 0 Å². The van der Waals surface area contributed by atoms with Crippen molar-refractivity contribution in [2.75, 3.05) is 33.2 Å². The van der Waals surface area contributed by atoms with E-state index < -0.39 is 0 Å². The molecule has 12 heavy (non-hydrogen) atoms. The van der Waals surface area contributed by atoms with E-state index in [9.17, 15) is 0 Å². The lowest BCUT2D eigenvalue weighted by Crippen LogP contribution is -2.35. The summed E-state index contributed by atoms with van der Waals surface area (Å²) in [7, 11) is 2.24. The second-order valence-electron chi connectivity index (χ2n) is 4.59. The van der Waals surface area contributed by atoms with E-state index in [1.807, 2.05) is 0 Å². The van der Waals surface area contributed by atoms with Crippen molar-refractivity contribution < 1.29 is 0 Å². The number of hydrogen-bond acceptors (Lipinski definition) is 2. The number of likely N-dealkylation sites (tertiary alicyclic amines) is 2. The summed E-state index contributed by atoms with van der Waals surface area (Å²) in [4.78, 5) is 5.14. The van der Waals surface area contributed by atoms with Crippen molar-refractivity contribution in [2.24, 2.45) is 5.92 Å². The van der Waals surface area contributed by atoms with E-state index in [1.54, 1.807) is 0 Å². The topological polar surface area (TPSA) is 6.48 Å². The van der Waals surface area contributed by atoms with Crippen LogP contribution in [0.5, 0.6) is 0 Å². The van der Waals surface area contributed by atoms with Crippen molar-refractivity contribution in [3.8, 4) is 0 Å². The summed E-state index contributed by atoms with van der Waals surface area (Å²) in [5.41, 5.74) is 0. The quantitative estimate of drug-likeness (QED) is 0.577. The monoisotopic (exact) mass is 168 g/mol. The molecule has 2 atom stereocenters. The van der Waals surface area contributed by atoms with Gasteiger partial charge in [-0.05, 0) is 38.9 Å². The van der Waals surface area contributed by atoms with E-state index in [-0.39, 0.29) is 0 Å². The third-order valence-electron chi connectivity index (χ3n) is 3.34. The molecule has 0 N–H and O–H groups in total. The molecule has 2 rings (SSSR count). The van der Waals surface area contributed by atoms with Gasteiger partial charge in [-0.1, -0.05) is 6.92 Å². The van der Waals surface area contributed by atoms with Gasteiger partial charge in [0, 0.05) is 19.1 Å². The van der Waals surface area contributed by atoms with Crippen LogP contribution < -0.4 is 0 Å². The first-order valence-corrected chi connectivity index (χ1v) is 5.18. The van der Waals surface area contributed by atoms with Crippen LogP contribution in [0, 0.1) is 5.92 Å². The van der Waals surface area contributed by atoms with Gasteiger partial charge in [0.25, 0.3) is 0 Å². The zero-order valence-corrected chi connectivity index (χ0v) is 8.29. The lowest BCUT2D eigenvalue weighted by molar-refractivity contribution is 0.236. The normalized spacial score (nSPS) is 39.5. The van der Waals surface area contributed by atoms with Gasteiger partial charge in [-0.25, -0.2) is 0 Å². The van der Waals surface area contributed by atoms with Crippen molar-refractivity contribution in [2.45, 2.75) is 25.8 Å². The Morgan fingerprint density at radius 3 is 2.42 bits per heavy atom. The first-order valence-electron chi connectivity index (χ1n) is 5.18. The third-order valence-corrected chi connectivity index (χ3v) is 3.34. The van der Waals surface area contributed by atoms with Crippen molar-refractivity contribution in [3.05, 3.63) is 0 Å². The van der Waals surface area contributed by atoms with Gasteiger partial charge in [0.15, 0.2) is 0 Å². The second-order valence-corrected chi connectivity index (χ2v) is 4.59. The molecule has 2 heterocycles. The Labute approximate surface area is 75.5 Å². The van der Waals surface area contributed by atoms with Crippen molar-refractivity contribution in [1.82, 2.24) is 9.80 Å². The standard InChI is InChI=1S/C10H20N2/c1-9-3-6-12(7-9)10-4-5-11(2)8-10/h9-10H,3-8H2,1-2H3/t9-,10-/m1/s1. The Hall–Kier alpha value is -0.0800. The van der Waals surface area contributed by atoms with Crippen molar-refractivity contribution in [3.63, 3.8) is 0 Å². The minimum atomic E-state index is 0.875. The van der Waals surface area contributed by atoms with Crippen LogP contribution in [0.15, 0.2) is 0 Å². The summed E-state index contributed by atoms with van der Waals surface area (Å²) in [6.07, 6.45) is 2.81. The molecular weight excluding hydrogens is 148 g/mol. The van der Waals surface area contributed by atoms with E-state index in [2.05, 4.69) is 23.8 Å². The first kappa shape index (κ1) is 8.52. The largest absolute Gasteiger partial charge is 0.305 e. The minimum Gasteiger partial charge on any atom is -0.305 e. The van der Waals surface area contributed by atoms with Gasteiger partial charge in [0.1, 0.15) is 0 Å². The highest BCUT2D eigenvalue weighted by Gasteiger charge is 2.29. The zero-order chi connectivity index (χ0) is 8.55. The van der Waals surface area contributed by atoms with Gasteiger partial charge in [-0.15, -0.1) is 0 Å². The molecule has 0 aromatic carbocycles. The molecule has 0 aromatic heterocycles. The maximum atomic E-state index is 2.69. The summed E-state index contributed by atoms with van der Waals surface area (Å²) >= 11 is 0. The Bertz CT molecular complexity index is 140. The predicted molar refractivity (Wildman–Crippen MR) is 51.3 cm³/mol. The fraction of sp³-hybridized carbons (Fsp3) is 1.00. The zero-order valence-electron chi connectivity index (χ0n) is 8.29. The highest BCUT2D eigenvalue weighted by atomic mass is 15.2. The highest BCUT2D eigenvalue weighted by molar-refractivity contribution is 4.85. The van der Waals surface area contributed by atoms with E-state index in [0.29, 0.717) is 0 Å². The number of rotatable bonds is 1. The number of nitrogens with zero attached hydrogens (tertiary/aromatic N) is 2. The van der Waals surface area contributed by atoms with Gasteiger partial charge < -0.3 is 4.90 Å². The SMILES string of the molecule is C[C@@H]1CCN([C@@H]2CCN(C)C2)C1. The van der Waals surface area contributed by atoms with E-state index in [1.165, 1.54) is 39.0 Å². The predicted octanol–water partition coefficient (Wildman–Crippen LogP) is 1.03. The molecular formula is C10H20N2. The van der Waals surface area contributed by atoms with Gasteiger partial charge >= 0.3 is 0 Å². The average Bonchev–Trinajstić information content (AvgIpc) is 2.58. The van der Waals surface area contributed by atoms with E-state index in [4.69, 9.17) is 0 Å². The number of likely N-dealkylation sites (N-methyl/N-ethyl adjacent to an activating group) is 1. The van der Waals surface area contributed by atoms with Gasteiger partial charge in [0.2, 0.25) is 0 Å². The van der Waals surface area contributed by atoms with Gasteiger partial charge in [0.05, 0.1) is 0 Å². The minimum absolute atomic E-state index is 0.875. The van der Waals surface area contributed by atoms with Crippen molar-refractivity contribution >= 4 is 0 Å². The molecule has 2 saturated heterocycles. The molecule has 0 aliphatic carbocycles. The molecule has 70 valence electrons. The summed E-state index contributed by atoms with van der Waals surface area (Å²) < 4.78 is 0. The summed E-state index contributed by atoms with van der Waals surface area (Å²) in [6, 6.07) is 0.875. The molecule has 0 aromatic rings. The van der Waals surface area contributed by atoms with E-state index in [0.717, 1.165) is 12.0 Å². The van der Waals surface area contributed by atoms with Crippen LogP contribution in [0.3, 0.4) is 0 Å². The van der Waals surface area contributed by atoms with Gasteiger partial charge in [-0.2, -0.15) is 0 Å². The van der Waals surface area contributed by atoms with Crippen LogP contribution in [0.2, 0.25) is 0 Å². The van der Waals surface area contributed by atoms with Crippen molar-refractivity contribution in [1.29, 1.82) is 0 Å². The van der Waals surface area contributed by atoms with Crippen LogP contribution in [0.25, 0.3) is 0 Å². The average molecular weight is 168 g/mol. The lowest BCUT2D eigenvalue weighted by Gasteiger charge is -2.23. The van der Waals surface area contributed by atoms with Crippen LogP contribution in [0.4, 0.5) is 0 Å². The maximum absolute atomic E-state index is 2.69. The summed E-state index contributed by atoms with van der Waals surface area (Å²) in [5, 5.41) is 0. The molecule has 2 fully saturated rings. The van der Waals surface area contributed by atoms with Gasteiger partial charge in [-0.3, -0.25) is 4.90 Å². The Morgan fingerprint density at radius 2 is 1.92 bits per heavy atom. The molecule has 2 aliphatic rings. The Morgan fingerprint density at radius 1 is 1.08 bits per heavy atom. The Balaban J connectivity index is 1.85. The molecule has 2 nitrogen and oxygen atoms in total. The second kappa shape index (κ2) is 3.35. The molecule has 0 radical (unpaired) electrons. The molecule has 0 amide bonds. The molecule has 0 bridgehead atoms. The maximum Gasteiger partial charge on any atom is 0.0235 e. The molecule has 0 saturated carbocycles. The molecule has 0 unspecified atom stereocenters. The van der Waals surface area contributed by atoms with E-state index >= 15 is 0 Å².